The van der Waals surface area contributed by atoms with E-state index in [0.29, 0.717) is 16.9 Å². The minimum absolute atomic E-state index is 0.0840. The van der Waals surface area contributed by atoms with E-state index in [1.54, 1.807) is 36.4 Å². The highest BCUT2D eigenvalue weighted by atomic mass is 16.6. The summed E-state index contributed by atoms with van der Waals surface area (Å²) in [5.74, 6) is -0.730. The van der Waals surface area contributed by atoms with Crippen molar-refractivity contribution in [3.05, 3.63) is 63.7 Å². The third kappa shape index (κ3) is 4.21. The highest BCUT2D eigenvalue weighted by Crippen LogP contribution is 2.32. The Balaban J connectivity index is 1.56. The molecule has 0 unspecified atom stereocenters. The fourth-order valence-corrected chi connectivity index (χ4v) is 3.51. The van der Waals surface area contributed by atoms with E-state index in [-0.39, 0.29) is 23.2 Å². The number of nitrogens with zero attached hydrogens (tertiary/aromatic N) is 2. The standard InChI is InChI=1S/C21H22N4O4/c26-20(23-17-6-2-1-5-16(17)21(27)22-15-8-9-15)14-7-10-18(19(13-14)25(28)29)24-11-3-4-12-24/h1-2,5-7,10,13,15H,3-4,8-9,11-12H2,(H,22,27)(H,23,26). The van der Waals surface area contributed by atoms with Gasteiger partial charge in [-0.1, -0.05) is 12.1 Å². The summed E-state index contributed by atoms with van der Waals surface area (Å²) in [6, 6.07) is 11.5. The summed E-state index contributed by atoms with van der Waals surface area (Å²) in [6.07, 6.45) is 3.93. The van der Waals surface area contributed by atoms with Crippen molar-refractivity contribution in [2.45, 2.75) is 31.7 Å². The second-order valence-corrected chi connectivity index (χ2v) is 7.40. The van der Waals surface area contributed by atoms with E-state index in [2.05, 4.69) is 10.6 Å². The molecule has 2 aromatic carbocycles. The van der Waals surface area contributed by atoms with Gasteiger partial charge in [0.05, 0.1) is 16.2 Å². The number of anilines is 2. The van der Waals surface area contributed by atoms with Crippen molar-refractivity contribution in [1.82, 2.24) is 5.32 Å². The number of nitro benzene ring substituents is 1. The zero-order valence-corrected chi connectivity index (χ0v) is 15.9. The van der Waals surface area contributed by atoms with Crippen LogP contribution in [-0.2, 0) is 0 Å². The molecule has 0 aromatic heterocycles. The maximum Gasteiger partial charge on any atom is 0.293 e. The van der Waals surface area contributed by atoms with Crippen LogP contribution in [0.3, 0.4) is 0 Å². The summed E-state index contributed by atoms with van der Waals surface area (Å²) in [5, 5.41) is 17.2. The van der Waals surface area contributed by atoms with E-state index < -0.39 is 10.8 Å². The number of nitro groups is 1. The molecule has 2 aliphatic rings. The fraction of sp³-hybridized carbons (Fsp3) is 0.333. The van der Waals surface area contributed by atoms with E-state index in [4.69, 9.17) is 0 Å². The molecule has 8 nitrogen and oxygen atoms in total. The van der Waals surface area contributed by atoms with Crippen LogP contribution >= 0.6 is 0 Å². The molecule has 1 aliphatic heterocycles. The van der Waals surface area contributed by atoms with E-state index in [0.717, 1.165) is 38.8 Å². The van der Waals surface area contributed by atoms with Crippen LogP contribution in [0.5, 0.6) is 0 Å². The summed E-state index contributed by atoms with van der Waals surface area (Å²) in [7, 11) is 0. The summed E-state index contributed by atoms with van der Waals surface area (Å²) in [5.41, 5.74) is 1.38. The van der Waals surface area contributed by atoms with E-state index >= 15 is 0 Å². The number of rotatable bonds is 6. The van der Waals surface area contributed by atoms with Crippen LogP contribution in [0.1, 0.15) is 46.4 Å². The summed E-state index contributed by atoms with van der Waals surface area (Å²) in [4.78, 5) is 38.2. The number of carbonyl (C=O) groups excluding carboxylic acids is 2. The van der Waals surface area contributed by atoms with Gasteiger partial charge in [0.25, 0.3) is 17.5 Å². The van der Waals surface area contributed by atoms with Crippen molar-refractivity contribution in [3.63, 3.8) is 0 Å². The maximum atomic E-state index is 12.8. The second-order valence-electron chi connectivity index (χ2n) is 7.40. The van der Waals surface area contributed by atoms with Gasteiger partial charge in [-0.25, -0.2) is 0 Å². The Morgan fingerprint density at radius 3 is 2.45 bits per heavy atom. The fourth-order valence-electron chi connectivity index (χ4n) is 3.51. The molecule has 0 bridgehead atoms. The Labute approximate surface area is 168 Å². The van der Waals surface area contributed by atoms with Crippen LogP contribution in [0.4, 0.5) is 17.1 Å². The molecule has 2 fully saturated rings. The lowest BCUT2D eigenvalue weighted by molar-refractivity contribution is -0.384. The molecule has 2 amide bonds. The molecule has 1 heterocycles. The first kappa shape index (κ1) is 18.9. The van der Waals surface area contributed by atoms with Crippen LogP contribution in [0.2, 0.25) is 0 Å². The first-order chi connectivity index (χ1) is 14.0. The lowest BCUT2D eigenvalue weighted by atomic mass is 10.1. The van der Waals surface area contributed by atoms with Gasteiger partial charge >= 0.3 is 0 Å². The molecule has 29 heavy (non-hydrogen) atoms. The average Bonchev–Trinajstić information content (AvgIpc) is 3.36. The number of benzene rings is 2. The van der Waals surface area contributed by atoms with Gasteiger partial charge in [0.2, 0.25) is 0 Å². The predicted molar refractivity (Wildman–Crippen MR) is 109 cm³/mol. The zero-order chi connectivity index (χ0) is 20.4. The normalized spacial score (nSPS) is 15.8. The molecule has 4 rings (SSSR count). The third-order valence-corrected chi connectivity index (χ3v) is 5.21. The number of carbonyl (C=O) groups is 2. The number of hydrogen-bond donors (Lipinski definition) is 2. The Morgan fingerprint density at radius 2 is 1.76 bits per heavy atom. The van der Waals surface area contributed by atoms with Crippen molar-refractivity contribution in [2.24, 2.45) is 0 Å². The van der Waals surface area contributed by atoms with Crippen molar-refractivity contribution < 1.29 is 14.5 Å². The molecule has 8 heteroatoms. The van der Waals surface area contributed by atoms with Crippen molar-refractivity contribution in [2.75, 3.05) is 23.3 Å². The molecular formula is C21H22N4O4. The first-order valence-corrected chi connectivity index (χ1v) is 9.77. The van der Waals surface area contributed by atoms with Gasteiger partial charge in [-0.05, 0) is 49.9 Å². The van der Waals surface area contributed by atoms with Crippen LogP contribution in [0, 0.1) is 10.1 Å². The highest BCUT2D eigenvalue weighted by molar-refractivity contribution is 6.09. The van der Waals surface area contributed by atoms with Crippen molar-refractivity contribution >= 4 is 28.9 Å². The van der Waals surface area contributed by atoms with Crippen LogP contribution < -0.4 is 15.5 Å². The number of para-hydroxylation sites is 1. The lowest BCUT2D eigenvalue weighted by Gasteiger charge is -2.18. The molecule has 0 spiro atoms. The first-order valence-electron chi connectivity index (χ1n) is 9.77. The van der Waals surface area contributed by atoms with Gasteiger partial charge in [0, 0.05) is 30.8 Å². The molecule has 2 N–H and O–H groups in total. The molecule has 2 aromatic rings. The van der Waals surface area contributed by atoms with Gasteiger partial charge in [0.1, 0.15) is 5.69 Å². The molecule has 1 aliphatic carbocycles. The Kier molecular flexibility index (Phi) is 5.16. The molecule has 0 atom stereocenters. The van der Waals surface area contributed by atoms with Crippen LogP contribution in [-0.4, -0.2) is 35.9 Å². The number of nitrogens with one attached hydrogen (secondary N) is 2. The summed E-state index contributed by atoms with van der Waals surface area (Å²) in [6.45, 7) is 1.55. The smallest absolute Gasteiger partial charge is 0.293 e. The van der Waals surface area contributed by atoms with Gasteiger partial charge in [-0.2, -0.15) is 0 Å². The van der Waals surface area contributed by atoms with Gasteiger partial charge in [-0.3, -0.25) is 19.7 Å². The lowest BCUT2D eigenvalue weighted by Crippen LogP contribution is -2.27. The minimum atomic E-state index is -0.493. The average molecular weight is 394 g/mol. The van der Waals surface area contributed by atoms with Crippen molar-refractivity contribution in [1.29, 1.82) is 0 Å². The maximum absolute atomic E-state index is 12.8. The molecule has 1 saturated heterocycles. The van der Waals surface area contributed by atoms with E-state index in [9.17, 15) is 19.7 Å². The molecular weight excluding hydrogens is 372 g/mol. The molecule has 1 saturated carbocycles. The van der Waals surface area contributed by atoms with Gasteiger partial charge in [-0.15, -0.1) is 0 Å². The zero-order valence-electron chi connectivity index (χ0n) is 15.9. The SMILES string of the molecule is O=C(Nc1ccccc1C(=O)NC1CC1)c1ccc(N2CCCC2)c([N+](=O)[O-])c1. The molecule has 150 valence electrons. The van der Waals surface area contributed by atoms with E-state index in [1.165, 1.54) is 6.07 Å². The predicted octanol–water partition coefficient (Wildman–Crippen LogP) is 3.34. The Bertz CT molecular complexity index is 965. The monoisotopic (exact) mass is 394 g/mol. The van der Waals surface area contributed by atoms with Gasteiger partial charge in [0.15, 0.2) is 0 Å². The van der Waals surface area contributed by atoms with Crippen molar-refractivity contribution in [3.8, 4) is 0 Å². The third-order valence-electron chi connectivity index (χ3n) is 5.21. The largest absolute Gasteiger partial charge is 0.366 e. The minimum Gasteiger partial charge on any atom is -0.366 e. The quantitative estimate of drug-likeness (QED) is 0.578. The summed E-state index contributed by atoms with van der Waals surface area (Å²) < 4.78 is 0. The number of amides is 2. The van der Waals surface area contributed by atoms with Crippen LogP contribution in [0.25, 0.3) is 0 Å². The van der Waals surface area contributed by atoms with Crippen LogP contribution in [0.15, 0.2) is 42.5 Å². The number of hydrogen-bond acceptors (Lipinski definition) is 5. The summed E-state index contributed by atoms with van der Waals surface area (Å²) >= 11 is 0. The molecule has 0 radical (unpaired) electrons. The highest BCUT2D eigenvalue weighted by Gasteiger charge is 2.26. The topological polar surface area (TPSA) is 105 Å². The second kappa shape index (κ2) is 7.90. The van der Waals surface area contributed by atoms with Gasteiger partial charge < -0.3 is 15.5 Å². The Hall–Kier alpha value is -3.42. The van der Waals surface area contributed by atoms with E-state index in [1.807, 2.05) is 4.90 Å². The Morgan fingerprint density at radius 1 is 1.03 bits per heavy atom.